The summed E-state index contributed by atoms with van der Waals surface area (Å²) in [5, 5.41) is 4.65. The first-order chi connectivity index (χ1) is 9.59. The van der Waals surface area contributed by atoms with Crippen LogP contribution in [0.25, 0.3) is 0 Å². The molecule has 0 spiro atoms. The predicted octanol–water partition coefficient (Wildman–Crippen LogP) is 5.54. The van der Waals surface area contributed by atoms with E-state index in [0.29, 0.717) is 5.92 Å². The third-order valence-electron chi connectivity index (χ3n) is 3.50. The highest BCUT2D eigenvalue weighted by atomic mass is 32.1. The summed E-state index contributed by atoms with van der Waals surface area (Å²) in [5.74, 6) is 0.502. The zero-order valence-corrected chi connectivity index (χ0v) is 15.8. The van der Waals surface area contributed by atoms with Crippen LogP contribution in [0.5, 0.6) is 0 Å². The van der Waals surface area contributed by atoms with Crippen LogP contribution in [0.15, 0.2) is 11.6 Å². The van der Waals surface area contributed by atoms with Crippen molar-refractivity contribution in [3.05, 3.63) is 32.2 Å². The first kappa shape index (κ1) is 16.6. The molecule has 0 aliphatic rings. The maximum absolute atomic E-state index is 4.84. The summed E-state index contributed by atoms with van der Waals surface area (Å²) in [6.45, 7) is 15.6. The largest absolute Gasteiger partial charge is 0.249 e. The summed E-state index contributed by atoms with van der Waals surface area (Å²) in [5.41, 5.74) is 1.42. The van der Waals surface area contributed by atoms with Gasteiger partial charge < -0.3 is 0 Å². The lowest BCUT2D eigenvalue weighted by molar-refractivity contribution is 0.520. The van der Waals surface area contributed by atoms with Gasteiger partial charge in [-0.25, -0.2) is 9.97 Å². The van der Waals surface area contributed by atoms with Gasteiger partial charge in [0, 0.05) is 27.3 Å². The van der Waals surface area contributed by atoms with Gasteiger partial charge in [-0.1, -0.05) is 48.5 Å². The summed E-state index contributed by atoms with van der Waals surface area (Å²) < 4.78 is 0. The molecule has 2 aromatic rings. The minimum absolute atomic E-state index is 0.0689. The van der Waals surface area contributed by atoms with Crippen LogP contribution >= 0.6 is 22.7 Å². The van der Waals surface area contributed by atoms with Gasteiger partial charge in [0.25, 0.3) is 0 Å². The van der Waals surface area contributed by atoms with Gasteiger partial charge in [-0.2, -0.15) is 0 Å². The summed E-state index contributed by atoms with van der Waals surface area (Å²) >= 11 is 3.63. The number of hydrogen-bond acceptors (Lipinski definition) is 4. The SMILES string of the molecule is CC(C)c1csc(C(C)(C)Cc2cnc(C(C)(C)C)s2)n1. The second kappa shape index (κ2) is 5.81. The molecule has 0 radical (unpaired) electrons. The van der Waals surface area contributed by atoms with Crippen molar-refractivity contribution in [2.75, 3.05) is 0 Å². The average molecular weight is 323 g/mol. The van der Waals surface area contributed by atoms with Gasteiger partial charge in [0.15, 0.2) is 0 Å². The van der Waals surface area contributed by atoms with Gasteiger partial charge >= 0.3 is 0 Å². The van der Waals surface area contributed by atoms with Crippen molar-refractivity contribution in [3.8, 4) is 0 Å². The molecule has 4 heteroatoms. The van der Waals surface area contributed by atoms with Crippen LogP contribution in [-0.2, 0) is 17.3 Å². The van der Waals surface area contributed by atoms with E-state index in [1.54, 1.807) is 11.3 Å². The summed E-state index contributed by atoms with van der Waals surface area (Å²) in [6, 6.07) is 0. The van der Waals surface area contributed by atoms with Gasteiger partial charge in [0.1, 0.15) is 0 Å². The fourth-order valence-electron chi connectivity index (χ4n) is 2.11. The van der Waals surface area contributed by atoms with Crippen LogP contribution < -0.4 is 0 Å². The molecule has 2 aromatic heterocycles. The Kier molecular flexibility index (Phi) is 4.60. The lowest BCUT2D eigenvalue weighted by Crippen LogP contribution is -2.20. The second-order valence-electron chi connectivity index (χ2n) is 7.67. The monoisotopic (exact) mass is 322 g/mol. The maximum Gasteiger partial charge on any atom is 0.0988 e. The van der Waals surface area contributed by atoms with Crippen LogP contribution in [-0.4, -0.2) is 9.97 Å². The van der Waals surface area contributed by atoms with Gasteiger partial charge in [-0.15, -0.1) is 22.7 Å². The predicted molar refractivity (Wildman–Crippen MR) is 93.7 cm³/mol. The maximum atomic E-state index is 4.84. The lowest BCUT2D eigenvalue weighted by Gasteiger charge is -2.21. The topological polar surface area (TPSA) is 25.8 Å². The van der Waals surface area contributed by atoms with Gasteiger partial charge in [-0.05, 0) is 12.3 Å². The Morgan fingerprint density at radius 1 is 1.10 bits per heavy atom. The Morgan fingerprint density at radius 2 is 1.76 bits per heavy atom. The van der Waals surface area contributed by atoms with Crippen molar-refractivity contribution >= 4 is 22.7 Å². The molecule has 0 unspecified atom stereocenters. The molecular weight excluding hydrogens is 296 g/mol. The first-order valence-electron chi connectivity index (χ1n) is 7.50. The zero-order valence-electron chi connectivity index (χ0n) is 14.2. The molecule has 0 saturated heterocycles. The molecular formula is C17H26N2S2. The molecule has 0 amide bonds. The molecule has 0 bridgehead atoms. The minimum Gasteiger partial charge on any atom is -0.249 e. The van der Waals surface area contributed by atoms with E-state index in [-0.39, 0.29) is 10.8 Å². The highest BCUT2D eigenvalue weighted by molar-refractivity contribution is 7.11. The van der Waals surface area contributed by atoms with Crippen LogP contribution in [0.4, 0.5) is 0 Å². The zero-order chi connectivity index (χ0) is 15.8. The van der Waals surface area contributed by atoms with Gasteiger partial charge in [-0.3, -0.25) is 0 Å². The number of nitrogens with zero attached hydrogens (tertiary/aromatic N) is 2. The molecule has 2 heterocycles. The molecule has 21 heavy (non-hydrogen) atoms. The standard InChI is InChI=1S/C17H26N2S2/c1-11(2)13-10-20-15(19-13)17(6,7)8-12-9-18-14(21-12)16(3,4)5/h9-11H,8H2,1-7H3. The number of rotatable bonds is 4. The van der Waals surface area contributed by atoms with E-state index in [2.05, 4.69) is 58.8 Å². The van der Waals surface area contributed by atoms with Crippen molar-refractivity contribution in [1.82, 2.24) is 9.97 Å². The van der Waals surface area contributed by atoms with Gasteiger partial charge in [0.2, 0.25) is 0 Å². The fourth-order valence-corrected chi connectivity index (χ4v) is 4.41. The third-order valence-corrected chi connectivity index (χ3v) is 6.15. The first-order valence-corrected chi connectivity index (χ1v) is 9.20. The summed E-state index contributed by atoms with van der Waals surface area (Å²) in [7, 11) is 0. The van der Waals surface area contributed by atoms with Crippen LogP contribution in [0, 0.1) is 0 Å². The molecule has 0 aliphatic carbocycles. The summed E-state index contributed by atoms with van der Waals surface area (Å²) in [6.07, 6.45) is 3.05. The molecule has 0 aromatic carbocycles. The van der Waals surface area contributed by atoms with E-state index in [4.69, 9.17) is 4.98 Å². The number of thiazole rings is 2. The van der Waals surface area contributed by atoms with Gasteiger partial charge in [0.05, 0.1) is 15.7 Å². The number of aromatic nitrogens is 2. The molecule has 0 atom stereocenters. The van der Waals surface area contributed by atoms with Crippen molar-refractivity contribution in [2.45, 2.75) is 71.6 Å². The third kappa shape index (κ3) is 3.92. The van der Waals surface area contributed by atoms with E-state index in [1.807, 2.05) is 17.5 Å². The highest BCUT2D eigenvalue weighted by Gasteiger charge is 2.27. The van der Waals surface area contributed by atoms with E-state index in [1.165, 1.54) is 20.6 Å². The van der Waals surface area contributed by atoms with E-state index < -0.39 is 0 Å². The Bertz CT molecular complexity index is 600. The molecule has 0 saturated carbocycles. The van der Waals surface area contributed by atoms with Crippen LogP contribution in [0.1, 0.15) is 75.0 Å². The molecule has 2 rings (SSSR count). The van der Waals surface area contributed by atoms with Crippen LogP contribution in [0.3, 0.4) is 0 Å². The normalized spacial score (nSPS) is 13.1. The fraction of sp³-hybridized carbons (Fsp3) is 0.647. The Balaban J connectivity index is 2.18. The van der Waals surface area contributed by atoms with E-state index in [0.717, 1.165) is 6.42 Å². The van der Waals surface area contributed by atoms with E-state index >= 15 is 0 Å². The van der Waals surface area contributed by atoms with Crippen LogP contribution in [0.2, 0.25) is 0 Å². The molecule has 2 nitrogen and oxygen atoms in total. The van der Waals surface area contributed by atoms with Crippen molar-refractivity contribution in [2.24, 2.45) is 0 Å². The minimum atomic E-state index is 0.0689. The Hall–Kier alpha value is -0.740. The molecule has 0 aliphatic heterocycles. The van der Waals surface area contributed by atoms with E-state index in [9.17, 15) is 0 Å². The smallest absolute Gasteiger partial charge is 0.0988 e. The molecule has 116 valence electrons. The second-order valence-corrected chi connectivity index (χ2v) is 9.65. The Morgan fingerprint density at radius 3 is 2.24 bits per heavy atom. The Labute approximate surface area is 136 Å². The highest BCUT2D eigenvalue weighted by Crippen LogP contribution is 2.35. The molecule has 0 fully saturated rings. The average Bonchev–Trinajstić information content (AvgIpc) is 2.94. The van der Waals surface area contributed by atoms with Crippen molar-refractivity contribution < 1.29 is 0 Å². The lowest BCUT2D eigenvalue weighted by atomic mass is 9.89. The number of hydrogen-bond donors (Lipinski definition) is 0. The van der Waals surface area contributed by atoms with Crippen molar-refractivity contribution in [1.29, 1.82) is 0 Å². The quantitative estimate of drug-likeness (QED) is 0.738. The molecule has 0 N–H and O–H groups in total. The summed E-state index contributed by atoms with van der Waals surface area (Å²) in [4.78, 5) is 10.8. The van der Waals surface area contributed by atoms with Crippen molar-refractivity contribution in [3.63, 3.8) is 0 Å².